The Kier molecular flexibility index (Phi) is 6.13. The van der Waals surface area contributed by atoms with Crippen LogP contribution >= 0.6 is 0 Å². The summed E-state index contributed by atoms with van der Waals surface area (Å²) in [5, 5.41) is 8.22. The number of likely N-dealkylation sites (N-methyl/N-ethyl adjacent to an activating group) is 1. The number of quaternary nitrogens is 1. The largest absolute Gasteiger partial charge is 1.00 e. The smallest absolute Gasteiger partial charge is 0.328 e. The molecule has 0 radical (unpaired) electrons. The van der Waals surface area contributed by atoms with E-state index in [1.165, 1.54) is 6.08 Å². The molecule has 0 aliphatic carbocycles. The van der Waals surface area contributed by atoms with Crippen LogP contribution in [0.5, 0.6) is 0 Å². The van der Waals surface area contributed by atoms with Gasteiger partial charge in [0.15, 0.2) is 0 Å². The predicted molar refractivity (Wildman–Crippen MR) is 39.7 cm³/mol. The lowest BCUT2D eigenvalue weighted by atomic mass is 10.4. The first-order valence-electron chi connectivity index (χ1n) is 3.12. The van der Waals surface area contributed by atoms with Crippen molar-refractivity contribution in [2.45, 2.75) is 0 Å². The van der Waals surface area contributed by atoms with Gasteiger partial charge in [-0.15, -0.1) is 0 Å². The summed E-state index contributed by atoms with van der Waals surface area (Å²) >= 11 is 0. The Morgan fingerprint density at radius 2 is 1.91 bits per heavy atom. The average molecular weight is 180 g/mol. The summed E-state index contributed by atoms with van der Waals surface area (Å²) in [4.78, 5) is 9.99. The molecule has 4 heteroatoms. The maximum Gasteiger partial charge on any atom is 0.328 e. The van der Waals surface area contributed by atoms with E-state index in [1.807, 2.05) is 21.1 Å². The molecule has 0 rings (SSSR count). The van der Waals surface area contributed by atoms with E-state index in [0.29, 0.717) is 0 Å². The molecule has 0 amide bonds. The van der Waals surface area contributed by atoms with E-state index in [1.54, 1.807) is 6.08 Å². The first kappa shape index (κ1) is 13.1. The van der Waals surface area contributed by atoms with Gasteiger partial charge in [0, 0.05) is 6.08 Å². The first-order chi connectivity index (χ1) is 4.42. The Hall–Kier alpha value is -0.540. The minimum Gasteiger partial charge on any atom is -1.00 e. The van der Waals surface area contributed by atoms with Gasteiger partial charge in [0.25, 0.3) is 0 Å². The minimum absolute atomic E-state index is 0. The van der Waals surface area contributed by atoms with Gasteiger partial charge in [0.2, 0.25) is 0 Å². The molecule has 0 aromatic carbocycles. The number of carboxylic acids is 1. The van der Waals surface area contributed by atoms with Crippen LogP contribution in [0.3, 0.4) is 0 Å². The number of carbonyl (C=O) groups is 1. The van der Waals surface area contributed by atoms with Crippen LogP contribution in [0.1, 0.15) is 0 Å². The Labute approximate surface area is 73.3 Å². The van der Waals surface area contributed by atoms with Crippen molar-refractivity contribution < 1.29 is 26.8 Å². The van der Waals surface area contributed by atoms with Gasteiger partial charge in [0.1, 0.15) is 0 Å². The van der Waals surface area contributed by atoms with Crippen molar-refractivity contribution in [3.63, 3.8) is 0 Å². The summed E-state index contributed by atoms with van der Waals surface area (Å²) in [5.41, 5.74) is 0. The van der Waals surface area contributed by atoms with Crippen LogP contribution in [0.15, 0.2) is 12.2 Å². The fraction of sp³-hybridized carbons (Fsp3) is 0.571. The molecule has 0 saturated carbocycles. The molecular formula is C7H14ClNO2. The lowest BCUT2D eigenvalue weighted by molar-refractivity contribution is -0.864. The van der Waals surface area contributed by atoms with Gasteiger partial charge in [0.05, 0.1) is 27.7 Å². The fourth-order valence-electron chi connectivity index (χ4n) is 0.470. The van der Waals surface area contributed by atoms with Crippen molar-refractivity contribution >= 4 is 5.97 Å². The van der Waals surface area contributed by atoms with Gasteiger partial charge in [-0.1, -0.05) is 0 Å². The second-order valence-corrected chi connectivity index (χ2v) is 3.21. The van der Waals surface area contributed by atoms with Crippen molar-refractivity contribution in [2.24, 2.45) is 0 Å². The van der Waals surface area contributed by atoms with Crippen LogP contribution in [0.2, 0.25) is 0 Å². The Morgan fingerprint density at radius 3 is 2.18 bits per heavy atom. The SMILES string of the molecule is C[N+](C)(C)CC=CC(=O)O.[Cl-]. The van der Waals surface area contributed by atoms with E-state index in [4.69, 9.17) is 5.11 Å². The second kappa shape index (κ2) is 5.16. The van der Waals surface area contributed by atoms with Gasteiger partial charge in [-0.05, 0) is 6.08 Å². The molecule has 0 aromatic rings. The third-order valence-electron chi connectivity index (χ3n) is 0.914. The molecule has 0 spiro atoms. The highest BCUT2D eigenvalue weighted by atomic mass is 35.5. The second-order valence-electron chi connectivity index (χ2n) is 3.21. The quantitative estimate of drug-likeness (QED) is 0.379. The fourth-order valence-corrected chi connectivity index (χ4v) is 0.470. The zero-order valence-electron chi connectivity index (χ0n) is 7.04. The zero-order valence-corrected chi connectivity index (χ0v) is 7.80. The van der Waals surface area contributed by atoms with E-state index in [2.05, 4.69) is 0 Å². The van der Waals surface area contributed by atoms with Gasteiger partial charge in [-0.25, -0.2) is 4.79 Å². The predicted octanol–water partition coefficient (Wildman–Crippen LogP) is -2.66. The molecule has 0 aliphatic rings. The first-order valence-corrected chi connectivity index (χ1v) is 3.12. The topological polar surface area (TPSA) is 37.3 Å². The number of hydrogen-bond acceptors (Lipinski definition) is 1. The van der Waals surface area contributed by atoms with Gasteiger partial charge in [-0.2, -0.15) is 0 Å². The molecule has 0 heterocycles. The van der Waals surface area contributed by atoms with E-state index in [0.717, 1.165) is 11.0 Å². The van der Waals surface area contributed by atoms with Crippen LogP contribution in [-0.2, 0) is 4.79 Å². The summed E-state index contributed by atoms with van der Waals surface area (Å²) in [6, 6.07) is 0. The summed E-state index contributed by atoms with van der Waals surface area (Å²) in [6.07, 6.45) is 2.83. The highest BCUT2D eigenvalue weighted by Crippen LogP contribution is 1.89. The molecule has 0 aliphatic heterocycles. The third-order valence-corrected chi connectivity index (χ3v) is 0.914. The molecule has 11 heavy (non-hydrogen) atoms. The average Bonchev–Trinajstić information content (AvgIpc) is 1.59. The number of halogens is 1. The van der Waals surface area contributed by atoms with Crippen molar-refractivity contribution in [1.29, 1.82) is 0 Å². The summed E-state index contributed by atoms with van der Waals surface area (Å²) in [5.74, 6) is -0.881. The highest BCUT2D eigenvalue weighted by Gasteiger charge is 2.01. The van der Waals surface area contributed by atoms with Crippen molar-refractivity contribution in [2.75, 3.05) is 27.7 Å². The molecule has 3 nitrogen and oxygen atoms in total. The van der Waals surface area contributed by atoms with Crippen molar-refractivity contribution in [3.8, 4) is 0 Å². The molecule has 66 valence electrons. The van der Waals surface area contributed by atoms with Crippen LogP contribution in [0, 0.1) is 0 Å². The maximum absolute atomic E-state index is 9.99. The lowest BCUT2D eigenvalue weighted by Crippen LogP contribution is -3.00. The van der Waals surface area contributed by atoms with Crippen LogP contribution < -0.4 is 12.4 Å². The van der Waals surface area contributed by atoms with E-state index in [-0.39, 0.29) is 12.4 Å². The number of aliphatic carboxylic acids is 1. The van der Waals surface area contributed by atoms with Gasteiger partial charge in [-0.3, -0.25) is 0 Å². The van der Waals surface area contributed by atoms with E-state index in [9.17, 15) is 4.79 Å². The molecule has 0 bridgehead atoms. The van der Waals surface area contributed by atoms with Crippen LogP contribution in [0.25, 0.3) is 0 Å². The van der Waals surface area contributed by atoms with E-state index >= 15 is 0 Å². The van der Waals surface area contributed by atoms with E-state index < -0.39 is 5.97 Å². The Bertz CT molecular complexity index is 149. The standard InChI is InChI=1S/C7H13NO2.ClH/c1-8(2,3)6-4-5-7(9)10;/h4-5H,6H2,1-3H3;1H. The monoisotopic (exact) mass is 179 g/mol. The molecule has 1 N–H and O–H groups in total. The Morgan fingerprint density at radius 1 is 1.45 bits per heavy atom. The number of nitrogens with zero attached hydrogens (tertiary/aromatic N) is 1. The van der Waals surface area contributed by atoms with Gasteiger partial charge < -0.3 is 22.0 Å². The van der Waals surface area contributed by atoms with Crippen LogP contribution in [-0.4, -0.2) is 43.2 Å². The number of hydrogen-bond donors (Lipinski definition) is 1. The molecular weight excluding hydrogens is 166 g/mol. The molecule has 0 atom stereocenters. The number of rotatable bonds is 3. The lowest BCUT2D eigenvalue weighted by Gasteiger charge is -2.21. The zero-order chi connectivity index (χ0) is 8.20. The van der Waals surface area contributed by atoms with Crippen LogP contribution in [0.4, 0.5) is 0 Å². The molecule has 0 unspecified atom stereocenters. The summed E-state index contributed by atoms with van der Waals surface area (Å²) in [7, 11) is 6.02. The maximum atomic E-state index is 9.99. The number of carboxylic acid groups (broad SMARTS) is 1. The molecule has 0 saturated heterocycles. The summed E-state index contributed by atoms with van der Waals surface area (Å²) in [6.45, 7) is 0.742. The minimum atomic E-state index is -0.881. The third kappa shape index (κ3) is 12.6. The van der Waals surface area contributed by atoms with Gasteiger partial charge >= 0.3 is 5.97 Å². The molecule has 0 aromatic heterocycles. The normalized spacial score (nSPS) is 11.2. The Balaban J connectivity index is 0. The van der Waals surface area contributed by atoms with Crippen molar-refractivity contribution in [1.82, 2.24) is 0 Å². The molecule has 0 fully saturated rings. The highest BCUT2D eigenvalue weighted by molar-refractivity contribution is 5.79. The summed E-state index contributed by atoms with van der Waals surface area (Å²) < 4.78 is 0.754. The van der Waals surface area contributed by atoms with Crippen molar-refractivity contribution in [3.05, 3.63) is 12.2 Å².